The molecule has 20 heavy (non-hydrogen) atoms. The van der Waals surface area contributed by atoms with Gasteiger partial charge in [-0.25, -0.2) is 14.8 Å². The van der Waals surface area contributed by atoms with Gasteiger partial charge in [-0.3, -0.25) is 4.57 Å². The average Bonchev–Trinajstić information content (AvgIpc) is 2.73. The third-order valence-electron chi connectivity index (χ3n) is 2.99. The van der Waals surface area contributed by atoms with Crippen LogP contribution in [0.2, 0.25) is 0 Å². The quantitative estimate of drug-likeness (QED) is 0.705. The van der Waals surface area contributed by atoms with E-state index in [-0.39, 0.29) is 11.4 Å². The Hall–Kier alpha value is -3.14. The fourth-order valence-corrected chi connectivity index (χ4v) is 1.89. The molecule has 2 aromatic heterocycles. The smallest absolute Gasteiger partial charge is 0.408 e. The van der Waals surface area contributed by atoms with E-state index in [0.717, 1.165) is 0 Å². The molecule has 3 aromatic rings. The van der Waals surface area contributed by atoms with Crippen molar-refractivity contribution in [2.45, 2.75) is 0 Å². The summed E-state index contributed by atoms with van der Waals surface area (Å²) in [6.07, 6.45) is 1.36. The van der Waals surface area contributed by atoms with Crippen molar-refractivity contribution in [3.05, 3.63) is 40.5 Å². The number of rotatable bonds is 1. The van der Waals surface area contributed by atoms with E-state index in [1.807, 2.05) is 6.07 Å². The van der Waals surface area contributed by atoms with Crippen LogP contribution in [0.5, 0.6) is 0 Å². The number of nitriles is 1. The number of hydrogen-bond acceptors (Lipinski definition) is 6. The van der Waals surface area contributed by atoms with Crippen molar-refractivity contribution in [3.8, 4) is 17.5 Å². The van der Waals surface area contributed by atoms with Gasteiger partial charge in [-0.2, -0.15) is 5.26 Å². The lowest BCUT2D eigenvalue weighted by Crippen LogP contribution is -2.08. The highest BCUT2D eigenvalue weighted by molar-refractivity contribution is 5.79. The number of nitrogens with two attached hydrogens (primary N) is 1. The van der Waals surface area contributed by atoms with E-state index < -0.39 is 5.76 Å². The second kappa shape index (κ2) is 4.20. The van der Waals surface area contributed by atoms with Gasteiger partial charge in [0.05, 0.1) is 11.7 Å². The summed E-state index contributed by atoms with van der Waals surface area (Å²) in [6.45, 7) is 0. The summed E-state index contributed by atoms with van der Waals surface area (Å²) in [6, 6.07) is 7.07. The Labute approximate surface area is 112 Å². The number of aryl methyl sites for hydroxylation is 1. The monoisotopic (exact) mass is 267 g/mol. The highest BCUT2D eigenvalue weighted by Gasteiger charge is 2.10. The van der Waals surface area contributed by atoms with Crippen molar-refractivity contribution < 1.29 is 4.42 Å². The molecule has 1 aromatic carbocycles. The molecule has 0 aliphatic heterocycles. The first kappa shape index (κ1) is 11.9. The van der Waals surface area contributed by atoms with Gasteiger partial charge in [-0.1, -0.05) is 0 Å². The van der Waals surface area contributed by atoms with E-state index in [1.54, 1.807) is 25.2 Å². The van der Waals surface area contributed by atoms with Gasteiger partial charge in [0.2, 0.25) is 0 Å². The van der Waals surface area contributed by atoms with Crippen molar-refractivity contribution >= 4 is 16.9 Å². The van der Waals surface area contributed by atoms with Gasteiger partial charge in [0.15, 0.2) is 11.4 Å². The van der Waals surface area contributed by atoms with Crippen LogP contribution in [-0.4, -0.2) is 14.5 Å². The number of hydrogen-bond donors (Lipinski definition) is 1. The Morgan fingerprint density at radius 3 is 2.95 bits per heavy atom. The first-order valence-corrected chi connectivity index (χ1v) is 5.72. The summed E-state index contributed by atoms with van der Waals surface area (Å²) in [4.78, 5) is 19.6. The highest BCUT2D eigenvalue weighted by Crippen LogP contribution is 2.22. The molecule has 0 saturated heterocycles. The summed E-state index contributed by atoms with van der Waals surface area (Å²) >= 11 is 0. The molecule has 98 valence electrons. The van der Waals surface area contributed by atoms with Gasteiger partial charge in [0.1, 0.15) is 17.5 Å². The van der Waals surface area contributed by atoms with Gasteiger partial charge in [0.25, 0.3) is 0 Å². The molecule has 0 radical (unpaired) electrons. The van der Waals surface area contributed by atoms with Crippen LogP contribution in [0.1, 0.15) is 5.56 Å². The van der Waals surface area contributed by atoms with E-state index in [4.69, 9.17) is 15.4 Å². The van der Waals surface area contributed by atoms with Crippen LogP contribution >= 0.6 is 0 Å². The van der Waals surface area contributed by atoms with E-state index >= 15 is 0 Å². The Balaban J connectivity index is 2.17. The number of benzene rings is 1. The molecule has 0 fully saturated rings. The van der Waals surface area contributed by atoms with E-state index in [1.165, 1.54) is 10.8 Å². The predicted molar refractivity (Wildman–Crippen MR) is 71.6 cm³/mol. The van der Waals surface area contributed by atoms with Crippen LogP contribution in [0.4, 0.5) is 5.82 Å². The number of fused-ring (bicyclic) bond motifs is 1. The van der Waals surface area contributed by atoms with Crippen molar-refractivity contribution in [2.75, 3.05) is 5.73 Å². The number of nitrogen functional groups attached to an aromatic ring is 1. The van der Waals surface area contributed by atoms with Crippen molar-refractivity contribution in [1.82, 2.24) is 14.5 Å². The van der Waals surface area contributed by atoms with Gasteiger partial charge in [-0.15, -0.1) is 0 Å². The Bertz CT molecular complexity index is 917. The molecule has 3 rings (SSSR count). The summed E-state index contributed by atoms with van der Waals surface area (Å²) in [5.41, 5.74) is 7.66. The summed E-state index contributed by atoms with van der Waals surface area (Å²) < 4.78 is 6.51. The topological polar surface area (TPSA) is 111 Å². The molecule has 0 spiro atoms. The highest BCUT2D eigenvalue weighted by atomic mass is 16.4. The lowest BCUT2D eigenvalue weighted by molar-refractivity contribution is 0.528. The van der Waals surface area contributed by atoms with Crippen molar-refractivity contribution in [1.29, 1.82) is 5.26 Å². The van der Waals surface area contributed by atoms with Gasteiger partial charge in [0, 0.05) is 12.6 Å². The molecule has 0 aliphatic rings. The number of oxazole rings is 1. The SMILES string of the molecule is Cn1c(=O)oc2cc(-c3ncc(C#N)c(N)n3)ccc21. The zero-order chi connectivity index (χ0) is 14.3. The van der Waals surface area contributed by atoms with Crippen LogP contribution in [0.3, 0.4) is 0 Å². The fourth-order valence-electron chi connectivity index (χ4n) is 1.89. The van der Waals surface area contributed by atoms with E-state index in [0.29, 0.717) is 22.5 Å². The zero-order valence-electron chi connectivity index (χ0n) is 10.5. The molecule has 0 amide bonds. The average molecular weight is 267 g/mol. The van der Waals surface area contributed by atoms with E-state index in [2.05, 4.69) is 9.97 Å². The predicted octanol–water partition coefficient (Wildman–Crippen LogP) is 1.04. The van der Waals surface area contributed by atoms with Crippen LogP contribution in [0, 0.1) is 11.3 Å². The maximum Gasteiger partial charge on any atom is 0.419 e. The second-order valence-corrected chi connectivity index (χ2v) is 4.21. The number of aromatic nitrogens is 3. The minimum Gasteiger partial charge on any atom is -0.408 e. The molecule has 0 unspecified atom stereocenters. The molecule has 2 N–H and O–H groups in total. The second-order valence-electron chi connectivity index (χ2n) is 4.21. The molecule has 7 nitrogen and oxygen atoms in total. The lowest BCUT2D eigenvalue weighted by Gasteiger charge is -2.02. The van der Waals surface area contributed by atoms with Crippen LogP contribution < -0.4 is 11.5 Å². The third-order valence-corrected chi connectivity index (χ3v) is 2.99. The molecular formula is C13H9N5O2. The zero-order valence-corrected chi connectivity index (χ0v) is 10.5. The van der Waals surface area contributed by atoms with Crippen molar-refractivity contribution in [2.24, 2.45) is 7.05 Å². The Morgan fingerprint density at radius 1 is 1.45 bits per heavy atom. The molecular weight excluding hydrogens is 258 g/mol. The van der Waals surface area contributed by atoms with Crippen LogP contribution in [-0.2, 0) is 7.05 Å². The summed E-state index contributed by atoms with van der Waals surface area (Å²) in [5, 5.41) is 8.79. The maximum atomic E-state index is 11.4. The number of anilines is 1. The first-order valence-electron chi connectivity index (χ1n) is 5.72. The fraction of sp³-hybridized carbons (Fsp3) is 0.0769. The third kappa shape index (κ3) is 1.71. The normalized spacial score (nSPS) is 10.6. The maximum absolute atomic E-state index is 11.4. The van der Waals surface area contributed by atoms with Gasteiger partial charge < -0.3 is 10.2 Å². The molecule has 0 aliphatic carbocycles. The summed E-state index contributed by atoms with van der Waals surface area (Å²) in [7, 11) is 1.63. The minimum atomic E-state index is -0.433. The van der Waals surface area contributed by atoms with Crippen LogP contribution in [0.25, 0.3) is 22.5 Å². The van der Waals surface area contributed by atoms with Crippen LogP contribution in [0.15, 0.2) is 33.6 Å². The Morgan fingerprint density at radius 2 is 2.25 bits per heavy atom. The lowest BCUT2D eigenvalue weighted by atomic mass is 10.2. The molecule has 0 bridgehead atoms. The van der Waals surface area contributed by atoms with E-state index in [9.17, 15) is 4.79 Å². The summed E-state index contributed by atoms with van der Waals surface area (Å²) in [5.74, 6) is 0.0550. The van der Waals surface area contributed by atoms with Gasteiger partial charge >= 0.3 is 5.76 Å². The first-order chi connectivity index (χ1) is 9.60. The standard InChI is InChI=1S/C13H9N5O2/c1-18-9-3-2-7(4-10(9)20-13(18)19)12-16-6-8(5-14)11(15)17-12/h2-4,6H,1H3,(H2,15,16,17). The minimum absolute atomic E-state index is 0.118. The number of nitrogens with zero attached hydrogens (tertiary/aromatic N) is 4. The van der Waals surface area contributed by atoms with Gasteiger partial charge in [-0.05, 0) is 18.2 Å². The Kier molecular flexibility index (Phi) is 2.51. The molecule has 7 heteroatoms. The molecule has 0 saturated carbocycles. The molecule has 2 heterocycles. The molecule has 0 atom stereocenters. The largest absolute Gasteiger partial charge is 0.419 e. The van der Waals surface area contributed by atoms with Crippen molar-refractivity contribution in [3.63, 3.8) is 0 Å².